The van der Waals surface area contributed by atoms with E-state index in [1.807, 2.05) is 18.3 Å². The molecule has 1 aromatic carbocycles. The van der Waals surface area contributed by atoms with Crippen LogP contribution in [-0.2, 0) is 21.5 Å². The van der Waals surface area contributed by atoms with E-state index < -0.39 is 6.10 Å². The number of aliphatic hydroxyl groups excluding tert-OH is 1. The molecule has 1 spiro atoms. The highest BCUT2D eigenvalue weighted by atomic mass is 16.5. The predicted octanol–water partition coefficient (Wildman–Crippen LogP) is 2.30. The number of nitrogens with zero attached hydrogens (tertiary/aromatic N) is 1. The van der Waals surface area contributed by atoms with Gasteiger partial charge < -0.3 is 24.2 Å². The molecule has 0 radical (unpaired) electrons. The van der Waals surface area contributed by atoms with Gasteiger partial charge in [0, 0.05) is 37.3 Å². The molecule has 3 atom stereocenters. The van der Waals surface area contributed by atoms with Crippen molar-refractivity contribution in [3.05, 3.63) is 47.7 Å². The molecule has 4 rings (SSSR count). The van der Waals surface area contributed by atoms with Gasteiger partial charge in [0.2, 0.25) is 0 Å². The number of esters is 1. The molecule has 1 aliphatic carbocycles. The Labute approximate surface area is 159 Å². The zero-order valence-corrected chi connectivity index (χ0v) is 15.7. The largest absolute Gasteiger partial charge is 0.493 e. The van der Waals surface area contributed by atoms with E-state index in [1.54, 1.807) is 14.0 Å². The maximum Gasteiger partial charge on any atom is 0.332 e. The third kappa shape index (κ3) is 2.98. The molecule has 1 N–H and O–H groups in total. The Morgan fingerprint density at radius 3 is 3.11 bits per heavy atom. The van der Waals surface area contributed by atoms with Crippen LogP contribution in [0.25, 0.3) is 0 Å². The van der Waals surface area contributed by atoms with Gasteiger partial charge in [0.15, 0.2) is 11.5 Å². The van der Waals surface area contributed by atoms with Crippen LogP contribution in [-0.4, -0.2) is 48.4 Å². The van der Waals surface area contributed by atoms with Gasteiger partial charge in [-0.05, 0) is 25.0 Å². The van der Waals surface area contributed by atoms with Crippen LogP contribution in [0.15, 0.2) is 36.6 Å². The summed E-state index contributed by atoms with van der Waals surface area (Å²) in [6.07, 6.45) is 8.06. The zero-order chi connectivity index (χ0) is 19.0. The zero-order valence-electron chi connectivity index (χ0n) is 15.7. The summed E-state index contributed by atoms with van der Waals surface area (Å²) >= 11 is 0. The van der Waals surface area contributed by atoms with E-state index in [4.69, 9.17) is 14.2 Å². The first-order chi connectivity index (χ1) is 13.1. The minimum atomic E-state index is -0.493. The quantitative estimate of drug-likeness (QED) is 0.498. The standard InChI is InChI=1S/C21H25NO5/c1-3-26-18(24)7-10-22-11-9-21-8-6-15(23)12-17(21)27-20-16(25-2)5-4-14(13-22)19(20)21/h4-8,10,15,17,23H,3,9,11-13H2,1-2H3/b10-7+/t15-,17?,21?/m0/s1. The molecule has 6 heteroatoms. The molecular weight excluding hydrogens is 346 g/mol. The number of hydrogen-bond acceptors (Lipinski definition) is 6. The fourth-order valence-electron chi connectivity index (χ4n) is 4.44. The summed E-state index contributed by atoms with van der Waals surface area (Å²) in [4.78, 5) is 13.8. The molecule has 3 aliphatic rings. The number of rotatable bonds is 4. The van der Waals surface area contributed by atoms with Gasteiger partial charge in [-0.1, -0.05) is 18.2 Å². The minimum absolute atomic E-state index is 0.114. The van der Waals surface area contributed by atoms with Gasteiger partial charge in [0.05, 0.1) is 25.2 Å². The van der Waals surface area contributed by atoms with Crippen LogP contribution in [0.1, 0.15) is 30.9 Å². The monoisotopic (exact) mass is 371 g/mol. The minimum Gasteiger partial charge on any atom is -0.493 e. The summed E-state index contributed by atoms with van der Waals surface area (Å²) < 4.78 is 16.8. The van der Waals surface area contributed by atoms with Crippen molar-refractivity contribution in [2.45, 2.75) is 43.9 Å². The van der Waals surface area contributed by atoms with Crippen molar-refractivity contribution in [2.24, 2.45) is 0 Å². The number of benzene rings is 1. The van der Waals surface area contributed by atoms with Crippen LogP contribution in [0.3, 0.4) is 0 Å². The summed E-state index contributed by atoms with van der Waals surface area (Å²) in [5, 5.41) is 10.1. The van der Waals surface area contributed by atoms with E-state index in [9.17, 15) is 9.90 Å². The molecule has 2 unspecified atom stereocenters. The number of methoxy groups -OCH3 is 1. The molecule has 1 aromatic rings. The van der Waals surface area contributed by atoms with E-state index in [2.05, 4.69) is 17.0 Å². The first-order valence-corrected chi connectivity index (χ1v) is 9.41. The molecule has 0 aromatic heterocycles. The van der Waals surface area contributed by atoms with Crippen molar-refractivity contribution >= 4 is 5.97 Å². The molecule has 0 saturated heterocycles. The molecule has 6 nitrogen and oxygen atoms in total. The van der Waals surface area contributed by atoms with Gasteiger partial charge in [-0.3, -0.25) is 0 Å². The van der Waals surface area contributed by atoms with Crippen molar-refractivity contribution in [3.63, 3.8) is 0 Å². The number of carbonyl (C=O) groups excluding carboxylic acids is 1. The highest BCUT2D eigenvalue weighted by molar-refractivity contribution is 5.81. The van der Waals surface area contributed by atoms with Crippen molar-refractivity contribution in [1.29, 1.82) is 0 Å². The van der Waals surface area contributed by atoms with Gasteiger partial charge in [0.25, 0.3) is 0 Å². The molecule has 0 saturated carbocycles. The average Bonchev–Trinajstić information content (AvgIpc) is 2.89. The van der Waals surface area contributed by atoms with Crippen LogP contribution in [0, 0.1) is 0 Å². The number of ether oxygens (including phenoxy) is 3. The Bertz CT molecular complexity index is 802. The van der Waals surface area contributed by atoms with Crippen LogP contribution in [0.2, 0.25) is 0 Å². The van der Waals surface area contributed by atoms with Crippen LogP contribution in [0.4, 0.5) is 0 Å². The van der Waals surface area contributed by atoms with Gasteiger partial charge in [-0.2, -0.15) is 0 Å². The summed E-state index contributed by atoms with van der Waals surface area (Å²) in [7, 11) is 1.64. The highest BCUT2D eigenvalue weighted by Crippen LogP contribution is 2.55. The molecule has 0 bridgehead atoms. The van der Waals surface area contributed by atoms with Gasteiger partial charge in [-0.15, -0.1) is 0 Å². The fourth-order valence-corrected chi connectivity index (χ4v) is 4.44. The second-order valence-corrected chi connectivity index (χ2v) is 7.23. The first-order valence-electron chi connectivity index (χ1n) is 9.41. The Kier molecular flexibility index (Phi) is 4.60. The molecule has 144 valence electrons. The van der Waals surface area contributed by atoms with Crippen molar-refractivity contribution in [1.82, 2.24) is 4.90 Å². The highest BCUT2D eigenvalue weighted by Gasteiger charge is 2.52. The average molecular weight is 371 g/mol. The van der Waals surface area contributed by atoms with Gasteiger partial charge in [0.1, 0.15) is 6.10 Å². The Hall–Kier alpha value is -2.47. The summed E-state index contributed by atoms with van der Waals surface area (Å²) in [5.74, 6) is 1.18. The maximum absolute atomic E-state index is 11.7. The first kappa shape index (κ1) is 17.9. The molecular formula is C21H25NO5. The molecule has 2 heterocycles. The van der Waals surface area contributed by atoms with Gasteiger partial charge >= 0.3 is 5.97 Å². The Morgan fingerprint density at radius 1 is 1.48 bits per heavy atom. The Morgan fingerprint density at radius 2 is 2.33 bits per heavy atom. The third-order valence-corrected chi connectivity index (χ3v) is 5.69. The van der Waals surface area contributed by atoms with Crippen molar-refractivity contribution < 1.29 is 24.1 Å². The molecule has 27 heavy (non-hydrogen) atoms. The summed E-state index contributed by atoms with van der Waals surface area (Å²) in [6.45, 7) is 3.61. The number of aliphatic hydroxyl groups is 1. The van der Waals surface area contributed by atoms with E-state index in [0.717, 1.165) is 35.6 Å². The Balaban J connectivity index is 1.73. The van der Waals surface area contributed by atoms with Crippen LogP contribution >= 0.6 is 0 Å². The van der Waals surface area contributed by atoms with E-state index in [1.165, 1.54) is 6.08 Å². The fraction of sp³-hybridized carbons (Fsp3) is 0.476. The molecule has 0 fully saturated rings. The second kappa shape index (κ2) is 6.93. The molecule has 0 amide bonds. The lowest BCUT2D eigenvalue weighted by molar-refractivity contribution is -0.137. The normalized spacial score (nSPS) is 28.3. The summed E-state index contributed by atoms with van der Waals surface area (Å²) in [5.41, 5.74) is 2.03. The number of carbonyl (C=O) groups is 1. The number of hydrogen-bond donors (Lipinski definition) is 1. The topological polar surface area (TPSA) is 68.2 Å². The van der Waals surface area contributed by atoms with Crippen LogP contribution in [0.5, 0.6) is 11.5 Å². The lowest BCUT2D eigenvalue weighted by Gasteiger charge is -2.35. The maximum atomic E-state index is 11.7. The molecule has 2 aliphatic heterocycles. The van der Waals surface area contributed by atoms with Gasteiger partial charge in [-0.25, -0.2) is 4.79 Å². The third-order valence-electron chi connectivity index (χ3n) is 5.69. The SMILES string of the molecule is CCOC(=O)/C=C/N1CCC23C=C[C@H](O)CC2Oc2c(OC)ccc(c23)C1. The van der Waals surface area contributed by atoms with E-state index in [-0.39, 0.29) is 17.5 Å². The van der Waals surface area contributed by atoms with E-state index in [0.29, 0.717) is 19.6 Å². The summed E-state index contributed by atoms with van der Waals surface area (Å²) in [6, 6.07) is 4.00. The van der Waals surface area contributed by atoms with Crippen molar-refractivity contribution in [2.75, 3.05) is 20.3 Å². The lowest BCUT2D eigenvalue weighted by Crippen LogP contribution is -2.42. The predicted molar refractivity (Wildman–Crippen MR) is 99.7 cm³/mol. The van der Waals surface area contributed by atoms with Crippen LogP contribution < -0.4 is 9.47 Å². The van der Waals surface area contributed by atoms with E-state index >= 15 is 0 Å². The smallest absolute Gasteiger partial charge is 0.332 e. The second-order valence-electron chi connectivity index (χ2n) is 7.23. The lowest BCUT2D eigenvalue weighted by atomic mass is 9.69. The van der Waals surface area contributed by atoms with Crippen molar-refractivity contribution in [3.8, 4) is 11.5 Å².